The van der Waals surface area contributed by atoms with Gasteiger partial charge in [-0.3, -0.25) is 4.79 Å². The van der Waals surface area contributed by atoms with Crippen molar-refractivity contribution in [1.29, 1.82) is 0 Å². The van der Waals surface area contributed by atoms with Crippen molar-refractivity contribution >= 4 is 11.6 Å². The van der Waals surface area contributed by atoms with Crippen LogP contribution in [0.15, 0.2) is 16.8 Å². The first-order valence-corrected chi connectivity index (χ1v) is 17.7. The Balaban J connectivity index is 1.41. The van der Waals surface area contributed by atoms with Crippen molar-refractivity contribution in [2.45, 2.75) is 151 Å². The first-order chi connectivity index (χ1) is 19.7. The number of amides is 1. The van der Waals surface area contributed by atoms with E-state index in [2.05, 4.69) is 97.6 Å². The second-order valence-corrected chi connectivity index (χ2v) is 19.7. The number of nitrogens with one attached hydrogen (secondary N) is 1. The standard InChI is InChI=1S/C38H63N3O2/c1-31(2)18-20-38(30(42)41-23-32(3,4)40-33(5,6)24-41)21-19-36(10)25(26(38)22-31)12-13-28-35(9)16-15-29(39-43)34(7,8)27(35)14-17-37(28,36)11/h12,26-28,40,43H,13-24H2,1-11H3/b39-29+/t26?,27?,28?,35-,36+,37+,38?/m0/s1. The van der Waals surface area contributed by atoms with E-state index in [1.807, 2.05) is 0 Å². The van der Waals surface area contributed by atoms with Crippen LogP contribution in [0.1, 0.15) is 140 Å². The molecule has 0 aromatic rings. The van der Waals surface area contributed by atoms with Gasteiger partial charge in [-0.25, -0.2) is 0 Å². The van der Waals surface area contributed by atoms with E-state index in [4.69, 9.17) is 0 Å². The fraction of sp³-hybridized carbons (Fsp3) is 0.895. The van der Waals surface area contributed by atoms with Crippen LogP contribution in [0.2, 0.25) is 0 Å². The molecule has 1 aliphatic heterocycles. The van der Waals surface area contributed by atoms with Crippen molar-refractivity contribution in [3.63, 3.8) is 0 Å². The average molecular weight is 594 g/mol. The summed E-state index contributed by atoms with van der Waals surface area (Å²) in [7, 11) is 0. The van der Waals surface area contributed by atoms with Gasteiger partial charge < -0.3 is 15.4 Å². The Morgan fingerprint density at radius 3 is 2.12 bits per heavy atom. The van der Waals surface area contributed by atoms with Crippen molar-refractivity contribution in [1.82, 2.24) is 10.2 Å². The predicted octanol–water partition coefficient (Wildman–Crippen LogP) is 8.61. The Morgan fingerprint density at radius 2 is 1.49 bits per heavy atom. The van der Waals surface area contributed by atoms with E-state index in [-0.39, 0.29) is 43.6 Å². The zero-order valence-electron chi connectivity index (χ0n) is 29.5. The summed E-state index contributed by atoms with van der Waals surface area (Å²) < 4.78 is 0. The Labute approximate surface area is 263 Å². The van der Waals surface area contributed by atoms with Gasteiger partial charge in [0.15, 0.2) is 0 Å². The number of hydrogen-bond acceptors (Lipinski definition) is 4. The molecule has 2 N–H and O–H groups in total. The monoisotopic (exact) mass is 593 g/mol. The molecule has 5 aliphatic carbocycles. The number of allylic oxidation sites excluding steroid dienone is 2. The lowest BCUT2D eigenvalue weighted by Gasteiger charge is -2.71. The van der Waals surface area contributed by atoms with Crippen LogP contribution in [0.5, 0.6) is 0 Å². The SMILES string of the molecule is CC1(C)CCC2(C(=O)N3CC(C)(C)NC(C)(C)C3)CC[C@]3(C)C(=CCC4[C@@]5(C)CC/C(=N\O)C(C)(C)C5CC[C@]43C)C2C1. The van der Waals surface area contributed by atoms with E-state index in [0.29, 0.717) is 23.7 Å². The minimum Gasteiger partial charge on any atom is -0.411 e. The second kappa shape index (κ2) is 9.35. The summed E-state index contributed by atoms with van der Waals surface area (Å²) in [5.74, 6) is 1.93. The third-order valence-electron chi connectivity index (χ3n) is 15.1. The highest BCUT2D eigenvalue weighted by molar-refractivity contribution is 5.90. The van der Waals surface area contributed by atoms with Gasteiger partial charge in [0, 0.05) is 29.6 Å². The number of oxime groups is 1. The Hall–Kier alpha value is -1.36. The number of piperazine rings is 1. The number of hydrogen-bond donors (Lipinski definition) is 2. The molecule has 4 saturated carbocycles. The molecule has 0 spiro atoms. The van der Waals surface area contributed by atoms with Gasteiger partial charge in [0.05, 0.1) is 11.1 Å². The van der Waals surface area contributed by atoms with Gasteiger partial charge in [-0.05, 0) is 131 Å². The lowest BCUT2D eigenvalue weighted by Crippen LogP contribution is -2.70. The molecule has 5 heteroatoms. The van der Waals surface area contributed by atoms with Gasteiger partial charge in [0.2, 0.25) is 5.91 Å². The van der Waals surface area contributed by atoms with E-state index in [1.165, 1.54) is 12.8 Å². The smallest absolute Gasteiger partial charge is 0.229 e. The molecule has 1 saturated heterocycles. The zero-order valence-corrected chi connectivity index (χ0v) is 29.5. The summed E-state index contributed by atoms with van der Waals surface area (Å²) in [4.78, 5) is 17.3. The van der Waals surface area contributed by atoms with Crippen molar-refractivity contribution in [2.24, 2.45) is 55.4 Å². The Kier molecular flexibility index (Phi) is 6.88. The van der Waals surface area contributed by atoms with Crippen LogP contribution in [-0.2, 0) is 4.79 Å². The maximum atomic E-state index is 15.0. The quantitative estimate of drug-likeness (QED) is 0.182. The summed E-state index contributed by atoms with van der Waals surface area (Å²) in [6.07, 6.45) is 13.7. The van der Waals surface area contributed by atoms with E-state index in [9.17, 15) is 5.21 Å². The maximum absolute atomic E-state index is 15.0. The minimum atomic E-state index is -0.270. The summed E-state index contributed by atoms with van der Waals surface area (Å²) in [5.41, 5.74) is 2.94. The van der Waals surface area contributed by atoms with Crippen molar-refractivity contribution in [3.05, 3.63) is 11.6 Å². The lowest BCUT2D eigenvalue weighted by molar-refractivity contribution is -0.177. The molecule has 7 atom stereocenters. The molecule has 0 aromatic heterocycles. The third-order valence-corrected chi connectivity index (χ3v) is 15.1. The van der Waals surface area contributed by atoms with Crippen LogP contribution in [0.25, 0.3) is 0 Å². The molecule has 1 heterocycles. The van der Waals surface area contributed by atoms with E-state index < -0.39 is 0 Å². The van der Waals surface area contributed by atoms with Crippen LogP contribution in [0.3, 0.4) is 0 Å². The Morgan fingerprint density at radius 1 is 0.860 bits per heavy atom. The number of carbonyl (C=O) groups excluding carboxylic acids is 1. The average Bonchev–Trinajstić information content (AvgIpc) is 2.86. The molecule has 1 amide bonds. The molecule has 242 valence electrons. The van der Waals surface area contributed by atoms with E-state index in [1.54, 1.807) is 5.57 Å². The summed E-state index contributed by atoms with van der Waals surface area (Å²) in [5, 5.41) is 17.5. The van der Waals surface area contributed by atoms with Crippen molar-refractivity contribution in [3.8, 4) is 0 Å². The van der Waals surface area contributed by atoms with Gasteiger partial charge >= 0.3 is 0 Å². The highest BCUT2D eigenvalue weighted by atomic mass is 16.4. The number of fused-ring (bicyclic) bond motifs is 7. The lowest BCUT2D eigenvalue weighted by atomic mass is 9.33. The Bertz CT molecular complexity index is 1230. The molecular formula is C38H63N3O2. The molecule has 6 rings (SSSR count). The van der Waals surface area contributed by atoms with Gasteiger partial charge in [0.1, 0.15) is 0 Å². The second-order valence-electron chi connectivity index (χ2n) is 19.7. The number of nitrogens with zero attached hydrogens (tertiary/aromatic N) is 2. The molecule has 5 nitrogen and oxygen atoms in total. The largest absolute Gasteiger partial charge is 0.411 e. The fourth-order valence-corrected chi connectivity index (χ4v) is 13.1. The number of carbonyl (C=O) groups is 1. The van der Waals surface area contributed by atoms with Crippen LogP contribution in [-0.4, -0.2) is 45.9 Å². The van der Waals surface area contributed by atoms with Crippen molar-refractivity contribution in [2.75, 3.05) is 13.1 Å². The highest BCUT2D eigenvalue weighted by Gasteiger charge is 2.69. The molecular weight excluding hydrogens is 530 g/mol. The topological polar surface area (TPSA) is 64.9 Å². The summed E-state index contributed by atoms with van der Waals surface area (Å²) >= 11 is 0. The van der Waals surface area contributed by atoms with Crippen LogP contribution in [0.4, 0.5) is 0 Å². The van der Waals surface area contributed by atoms with Crippen LogP contribution in [0, 0.1) is 50.2 Å². The molecule has 0 bridgehead atoms. The predicted molar refractivity (Wildman–Crippen MR) is 176 cm³/mol. The summed E-state index contributed by atoms with van der Waals surface area (Å²) in [6, 6.07) is 0. The first kappa shape index (κ1) is 31.6. The zero-order chi connectivity index (χ0) is 31.6. The third kappa shape index (κ3) is 4.38. The van der Waals surface area contributed by atoms with Crippen LogP contribution >= 0.6 is 0 Å². The van der Waals surface area contributed by atoms with Crippen LogP contribution < -0.4 is 5.32 Å². The molecule has 6 aliphatic rings. The summed E-state index contributed by atoms with van der Waals surface area (Å²) in [6.45, 7) is 28.1. The van der Waals surface area contributed by atoms with E-state index >= 15 is 4.79 Å². The van der Waals surface area contributed by atoms with Crippen molar-refractivity contribution < 1.29 is 10.0 Å². The molecule has 0 aromatic carbocycles. The van der Waals surface area contributed by atoms with Gasteiger partial charge in [-0.1, -0.05) is 65.3 Å². The van der Waals surface area contributed by atoms with Gasteiger partial charge in [-0.2, -0.15) is 0 Å². The fourth-order valence-electron chi connectivity index (χ4n) is 13.1. The molecule has 4 unspecified atom stereocenters. The first-order valence-electron chi connectivity index (χ1n) is 17.7. The molecule has 0 radical (unpaired) electrons. The maximum Gasteiger partial charge on any atom is 0.229 e. The molecule has 5 fully saturated rings. The van der Waals surface area contributed by atoms with E-state index in [0.717, 1.165) is 70.2 Å². The number of rotatable bonds is 1. The van der Waals surface area contributed by atoms with Gasteiger partial charge in [-0.15, -0.1) is 0 Å². The minimum absolute atomic E-state index is 0.0691. The highest BCUT2D eigenvalue weighted by Crippen LogP contribution is 2.75. The van der Waals surface area contributed by atoms with Gasteiger partial charge in [0.25, 0.3) is 0 Å². The molecule has 43 heavy (non-hydrogen) atoms. The normalized spacial score (nSPS) is 47.0.